The summed E-state index contributed by atoms with van der Waals surface area (Å²) in [4.78, 5) is 14.2. The third-order valence-electron chi connectivity index (χ3n) is 2.10. The van der Waals surface area contributed by atoms with Gasteiger partial charge in [-0.15, -0.1) is 11.3 Å². The van der Waals surface area contributed by atoms with Crippen LogP contribution in [0, 0.1) is 6.92 Å². The molecule has 19 heavy (non-hydrogen) atoms. The zero-order valence-corrected chi connectivity index (χ0v) is 11.3. The molecule has 0 unspecified atom stereocenters. The summed E-state index contributed by atoms with van der Waals surface area (Å²) in [5.74, 6) is -0.796. The Labute approximate surface area is 112 Å². The van der Waals surface area contributed by atoms with E-state index in [-0.39, 0.29) is 22.1 Å². The second-order valence-electron chi connectivity index (χ2n) is 3.47. The highest BCUT2D eigenvalue weighted by Gasteiger charge is 2.23. The number of rotatable bonds is 5. The molecule has 10 heteroatoms. The van der Waals surface area contributed by atoms with Crippen molar-refractivity contribution in [3.8, 4) is 0 Å². The number of carbonyl (C=O) groups is 1. The highest BCUT2D eigenvalue weighted by Crippen LogP contribution is 2.21. The molecule has 0 saturated heterocycles. The molecule has 0 radical (unpaired) electrons. The molecule has 2 aromatic heterocycles. The first-order valence-corrected chi connectivity index (χ1v) is 7.36. The number of thiophene rings is 1. The van der Waals surface area contributed by atoms with Crippen LogP contribution in [-0.2, 0) is 16.6 Å². The van der Waals surface area contributed by atoms with Gasteiger partial charge in [-0.1, -0.05) is 5.16 Å². The number of aryl methyl sites for hydroxylation is 1. The molecule has 2 heterocycles. The number of nitrogens with one attached hydrogen (secondary N) is 1. The molecule has 0 saturated carbocycles. The van der Waals surface area contributed by atoms with E-state index < -0.39 is 16.0 Å². The van der Waals surface area contributed by atoms with E-state index in [2.05, 4.69) is 14.9 Å². The standard InChI is InChI=1S/C9H9N3O5S2/c1-5-11-7(12-17-5)4-10-19(15,16)6-2-3-18-8(6)9(13)14/h2-3,10H,4H2,1H3,(H,13,14). The Morgan fingerprint density at radius 3 is 2.89 bits per heavy atom. The molecule has 0 spiro atoms. The maximum absolute atomic E-state index is 11.9. The average Bonchev–Trinajstić information content (AvgIpc) is 2.94. The average molecular weight is 303 g/mol. The first kappa shape index (κ1) is 13.6. The number of sulfonamides is 1. The summed E-state index contributed by atoms with van der Waals surface area (Å²) in [7, 11) is -3.92. The molecule has 0 aliphatic carbocycles. The fourth-order valence-electron chi connectivity index (χ4n) is 1.32. The van der Waals surface area contributed by atoms with Crippen molar-refractivity contribution < 1.29 is 22.8 Å². The zero-order chi connectivity index (χ0) is 14.0. The molecule has 2 N–H and O–H groups in total. The largest absolute Gasteiger partial charge is 0.477 e. The van der Waals surface area contributed by atoms with E-state index in [0.29, 0.717) is 5.89 Å². The maximum atomic E-state index is 11.9. The van der Waals surface area contributed by atoms with Crippen LogP contribution in [-0.4, -0.2) is 29.6 Å². The van der Waals surface area contributed by atoms with Gasteiger partial charge in [-0.3, -0.25) is 0 Å². The van der Waals surface area contributed by atoms with Crippen LogP contribution < -0.4 is 4.72 Å². The van der Waals surface area contributed by atoms with Crippen LogP contribution in [0.4, 0.5) is 0 Å². The molecule has 2 rings (SSSR count). The summed E-state index contributed by atoms with van der Waals surface area (Å²) in [6, 6.07) is 1.23. The van der Waals surface area contributed by atoms with E-state index in [1.165, 1.54) is 11.4 Å². The van der Waals surface area contributed by atoms with E-state index in [9.17, 15) is 13.2 Å². The quantitative estimate of drug-likeness (QED) is 0.829. The van der Waals surface area contributed by atoms with E-state index >= 15 is 0 Å². The second-order valence-corrected chi connectivity index (χ2v) is 6.12. The highest BCUT2D eigenvalue weighted by atomic mass is 32.2. The van der Waals surface area contributed by atoms with Crippen molar-refractivity contribution in [3.63, 3.8) is 0 Å². The van der Waals surface area contributed by atoms with E-state index in [1.807, 2.05) is 0 Å². The van der Waals surface area contributed by atoms with Crippen LogP contribution in [0.25, 0.3) is 0 Å². The van der Waals surface area contributed by atoms with Crippen molar-refractivity contribution in [2.75, 3.05) is 0 Å². The van der Waals surface area contributed by atoms with Crippen molar-refractivity contribution in [1.82, 2.24) is 14.9 Å². The third-order valence-corrected chi connectivity index (χ3v) is 4.58. The van der Waals surface area contributed by atoms with Crippen LogP contribution >= 0.6 is 11.3 Å². The number of aromatic carboxylic acids is 1. The molecule has 0 atom stereocenters. The minimum Gasteiger partial charge on any atom is -0.477 e. The van der Waals surface area contributed by atoms with Gasteiger partial charge < -0.3 is 9.63 Å². The minimum atomic E-state index is -3.92. The van der Waals surface area contributed by atoms with E-state index in [1.54, 1.807) is 6.92 Å². The normalized spacial score (nSPS) is 11.6. The van der Waals surface area contributed by atoms with Gasteiger partial charge in [-0.25, -0.2) is 17.9 Å². The summed E-state index contributed by atoms with van der Waals surface area (Å²) in [5.41, 5.74) is 0. The fraction of sp³-hybridized carbons (Fsp3) is 0.222. The molecule has 8 nitrogen and oxygen atoms in total. The molecule has 0 aromatic carbocycles. The predicted octanol–water partition coefficient (Wildman–Crippen LogP) is 0.616. The fourth-order valence-corrected chi connectivity index (χ4v) is 3.55. The van der Waals surface area contributed by atoms with Crippen molar-refractivity contribution in [1.29, 1.82) is 0 Å². The molecule has 0 amide bonds. The number of hydrogen-bond acceptors (Lipinski definition) is 7. The third kappa shape index (κ3) is 2.97. The Morgan fingerprint density at radius 1 is 1.58 bits per heavy atom. The molecule has 102 valence electrons. The topological polar surface area (TPSA) is 122 Å². The van der Waals surface area contributed by atoms with Crippen molar-refractivity contribution in [2.24, 2.45) is 0 Å². The van der Waals surface area contributed by atoms with E-state index in [4.69, 9.17) is 9.63 Å². The van der Waals surface area contributed by atoms with Crippen LogP contribution in [0.15, 0.2) is 20.9 Å². The first-order valence-electron chi connectivity index (χ1n) is 5.00. The highest BCUT2D eigenvalue weighted by molar-refractivity contribution is 7.89. The first-order chi connectivity index (χ1) is 8.90. The van der Waals surface area contributed by atoms with Gasteiger partial charge in [-0.2, -0.15) is 4.98 Å². The number of carboxylic acids is 1. The summed E-state index contributed by atoms with van der Waals surface area (Å²) in [6.45, 7) is 1.40. The van der Waals surface area contributed by atoms with Crippen molar-refractivity contribution in [2.45, 2.75) is 18.4 Å². The molecular formula is C9H9N3O5S2. The lowest BCUT2D eigenvalue weighted by Gasteiger charge is -2.03. The van der Waals surface area contributed by atoms with Crippen LogP contribution in [0.1, 0.15) is 21.4 Å². The molecule has 0 bridgehead atoms. The number of nitrogens with zero attached hydrogens (tertiary/aromatic N) is 2. The SMILES string of the molecule is Cc1nc(CNS(=O)(=O)c2ccsc2C(=O)O)no1. The van der Waals surface area contributed by atoms with Crippen molar-refractivity contribution >= 4 is 27.3 Å². The minimum absolute atomic E-state index is 0.172. The summed E-state index contributed by atoms with van der Waals surface area (Å²) >= 11 is 0.842. The Hall–Kier alpha value is -1.78. The van der Waals surface area contributed by atoms with E-state index in [0.717, 1.165) is 11.3 Å². The molecular weight excluding hydrogens is 294 g/mol. The smallest absolute Gasteiger partial charge is 0.347 e. The van der Waals surface area contributed by atoms with Crippen LogP contribution in [0.2, 0.25) is 0 Å². The zero-order valence-electron chi connectivity index (χ0n) is 9.65. The number of aromatic nitrogens is 2. The second kappa shape index (κ2) is 5.07. The predicted molar refractivity (Wildman–Crippen MR) is 64.3 cm³/mol. The van der Waals surface area contributed by atoms with Gasteiger partial charge in [0.1, 0.15) is 9.77 Å². The Balaban J connectivity index is 2.18. The Kier molecular flexibility index (Phi) is 3.64. The van der Waals surface area contributed by atoms with Gasteiger partial charge in [0.05, 0.1) is 6.54 Å². The Morgan fingerprint density at radius 2 is 2.32 bits per heavy atom. The lowest BCUT2D eigenvalue weighted by molar-refractivity contribution is 0.0698. The molecule has 2 aromatic rings. The lowest BCUT2D eigenvalue weighted by atomic mass is 10.5. The monoisotopic (exact) mass is 303 g/mol. The van der Waals surface area contributed by atoms with Gasteiger partial charge >= 0.3 is 5.97 Å². The van der Waals surface area contributed by atoms with Gasteiger partial charge in [0.15, 0.2) is 5.82 Å². The summed E-state index contributed by atoms with van der Waals surface area (Å²) in [5, 5.41) is 13.8. The maximum Gasteiger partial charge on any atom is 0.347 e. The lowest BCUT2D eigenvalue weighted by Crippen LogP contribution is -2.24. The summed E-state index contributed by atoms with van der Waals surface area (Å²) < 4.78 is 30.8. The van der Waals surface area contributed by atoms with Crippen molar-refractivity contribution in [3.05, 3.63) is 28.0 Å². The molecule has 0 fully saturated rings. The van der Waals surface area contributed by atoms with Gasteiger partial charge in [0.25, 0.3) is 0 Å². The molecule has 0 aliphatic rings. The van der Waals surface area contributed by atoms with Crippen LogP contribution in [0.5, 0.6) is 0 Å². The van der Waals surface area contributed by atoms with Gasteiger partial charge in [-0.05, 0) is 11.4 Å². The van der Waals surface area contributed by atoms with Gasteiger partial charge in [0.2, 0.25) is 15.9 Å². The van der Waals surface area contributed by atoms with Crippen LogP contribution in [0.3, 0.4) is 0 Å². The Bertz CT molecular complexity index is 703. The summed E-state index contributed by atoms with van der Waals surface area (Å²) in [6.07, 6.45) is 0. The number of carboxylic acid groups (broad SMARTS) is 1. The number of hydrogen-bond donors (Lipinski definition) is 2. The van der Waals surface area contributed by atoms with Gasteiger partial charge in [0, 0.05) is 6.92 Å². The molecule has 0 aliphatic heterocycles.